The zero-order chi connectivity index (χ0) is 25.2. The quantitative estimate of drug-likeness (QED) is 0.260. The Morgan fingerprint density at radius 3 is 2.26 bits per heavy atom. The fraction of sp³-hybridized carbons (Fsp3) is 0.192. The number of non-ortho nitro benzene ring substituents is 1. The molecule has 3 rings (SSSR count). The smallest absolute Gasteiger partial charge is 0.269 e. The van der Waals surface area contributed by atoms with E-state index in [2.05, 4.69) is 15.8 Å². The number of hydrazone groups is 1. The van der Waals surface area contributed by atoms with E-state index in [9.17, 15) is 19.7 Å². The summed E-state index contributed by atoms with van der Waals surface area (Å²) in [5, 5.41) is 17.5. The Bertz CT molecular complexity index is 1180. The molecule has 0 spiro atoms. The molecule has 0 heterocycles. The largest absolute Gasteiger partial charge is 0.489 e. The van der Waals surface area contributed by atoms with Crippen LogP contribution in [-0.4, -0.2) is 29.0 Å². The molecule has 0 bridgehead atoms. The molecule has 180 valence electrons. The summed E-state index contributed by atoms with van der Waals surface area (Å²) in [7, 11) is 0. The molecule has 0 aliphatic heterocycles. The van der Waals surface area contributed by atoms with E-state index in [4.69, 9.17) is 4.74 Å². The van der Waals surface area contributed by atoms with E-state index < -0.39 is 16.9 Å². The van der Waals surface area contributed by atoms with Gasteiger partial charge in [0.2, 0.25) is 0 Å². The molecule has 9 heteroatoms. The molecule has 3 aromatic rings. The fourth-order valence-electron chi connectivity index (χ4n) is 3.12. The normalized spacial score (nSPS) is 11.7. The Kier molecular flexibility index (Phi) is 8.66. The Hall–Kier alpha value is -4.53. The minimum Gasteiger partial charge on any atom is -0.489 e. The van der Waals surface area contributed by atoms with Crippen molar-refractivity contribution in [2.75, 3.05) is 0 Å². The molecule has 9 nitrogen and oxygen atoms in total. The lowest BCUT2D eigenvalue weighted by atomic mass is 10.0. The van der Waals surface area contributed by atoms with Crippen molar-refractivity contribution in [2.24, 2.45) is 11.0 Å². The first-order chi connectivity index (χ1) is 16.8. The van der Waals surface area contributed by atoms with Crippen molar-refractivity contribution >= 4 is 23.7 Å². The number of nitrogens with one attached hydrogen (secondary N) is 2. The van der Waals surface area contributed by atoms with Crippen LogP contribution >= 0.6 is 0 Å². The van der Waals surface area contributed by atoms with Crippen LogP contribution in [0.3, 0.4) is 0 Å². The highest BCUT2D eigenvalue weighted by molar-refractivity contribution is 5.97. The van der Waals surface area contributed by atoms with Gasteiger partial charge < -0.3 is 10.1 Å². The number of nitrogens with zero attached hydrogens (tertiary/aromatic N) is 2. The minimum absolute atomic E-state index is 0.0303. The molecule has 0 saturated heterocycles. The van der Waals surface area contributed by atoms with Crippen LogP contribution in [0.15, 0.2) is 84.0 Å². The van der Waals surface area contributed by atoms with Gasteiger partial charge in [-0.3, -0.25) is 19.7 Å². The van der Waals surface area contributed by atoms with Gasteiger partial charge in [0.1, 0.15) is 18.4 Å². The predicted molar refractivity (Wildman–Crippen MR) is 132 cm³/mol. The van der Waals surface area contributed by atoms with Gasteiger partial charge in [-0.05, 0) is 65.6 Å². The van der Waals surface area contributed by atoms with Crippen LogP contribution in [0.25, 0.3) is 0 Å². The van der Waals surface area contributed by atoms with Gasteiger partial charge in [0.15, 0.2) is 0 Å². The number of carbonyl (C=O) groups excluding carboxylic acids is 2. The molecular formula is C26H26N4O5. The fourth-order valence-corrected chi connectivity index (χ4v) is 3.12. The third kappa shape index (κ3) is 7.50. The zero-order valence-electron chi connectivity index (χ0n) is 19.4. The summed E-state index contributed by atoms with van der Waals surface area (Å²) in [4.78, 5) is 35.3. The van der Waals surface area contributed by atoms with Crippen LogP contribution in [0.1, 0.15) is 35.3 Å². The highest BCUT2D eigenvalue weighted by atomic mass is 16.6. The van der Waals surface area contributed by atoms with Crippen LogP contribution < -0.4 is 15.5 Å². The minimum atomic E-state index is -0.741. The molecule has 0 saturated carbocycles. The van der Waals surface area contributed by atoms with Crippen molar-refractivity contribution in [2.45, 2.75) is 26.5 Å². The number of rotatable bonds is 10. The predicted octanol–water partition coefficient (Wildman–Crippen LogP) is 4.08. The Labute approximate surface area is 203 Å². The van der Waals surface area contributed by atoms with E-state index in [0.717, 1.165) is 11.1 Å². The van der Waals surface area contributed by atoms with E-state index >= 15 is 0 Å². The number of hydrogen-bond donors (Lipinski definition) is 2. The molecule has 35 heavy (non-hydrogen) atoms. The first kappa shape index (κ1) is 25.1. The number of ether oxygens (including phenoxy) is 1. The van der Waals surface area contributed by atoms with Crippen molar-refractivity contribution in [3.63, 3.8) is 0 Å². The van der Waals surface area contributed by atoms with Crippen molar-refractivity contribution in [1.29, 1.82) is 0 Å². The summed E-state index contributed by atoms with van der Waals surface area (Å²) in [6.07, 6.45) is 1.49. The molecule has 0 aliphatic carbocycles. The van der Waals surface area contributed by atoms with Gasteiger partial charge in [0.05, 0.1) is 11.1 Å². The maximum atomic E-state index is 12.6. The number of hydrogen-bond acceptors (Lipinski definition) is 6. The highest BCUT2D eigenvalue weighted by Crippen LogP contribution is 2.16. The van der Waals surface area contributed by atoms with Gasteiger partial charge in [0.25, 0.3) is 17.5 Å². The zero-order valence-corrected chi connectivity index (χ0v) is 19.4. The highest BCUT2D eigenvalue weighted by Gasteiger charge is 2.24. The summed E-state index contributed by atoms with van der Waals surface area (Å²) >= 11 is 0. The van der Waals surface area contributed by atoms with E-state index in [1.165, 1.54) is 18.3 Å². The second-order valence-electron chi connectivity index (χ2n) is 8.08. The molecule has 0 fully saturated rings. The lowest BCUT2D eigenvalue weighted by Crippen LogP contribution is -2.48. The molecule has 0 aromatic heterocycles. The number of benzene rings is 3. The SMILES string of the molecule is CC(C)C(NC(=O)c1ccccc1)C(=O)N/N=C/c1ccc(OCc2ccc([N+](=O)[O-])cc2)cc1. The summed E-state index contributed by atoms with van der Waals surface area (Å²) in [6.45, 7) is 3.95. The van der Waals surface area contributed by atoms with Gasteiger partial charge >= 0.3 is 0 Å². The van der Waals surface area contributed by atoms with Gasteiger partial charge in [-0.2, -0.15) is 5.10 Å². The molecule has 2 N–H and O–H groups in total. The van der Waals surface area contributed by atoms with E-state index in [0.29, 0.717) is 11.3 Å². The van der Waals surface area contributed by atoms with Crippen LogP contribution in [0.4, 0.5) is 5.69 Å². The number of nitro groups is 1. The first-order valence-corrected chi connectivity index (χ1v) is 11.0. The van der Waals surface area contributed by atoms with Crippen molar-refractivity contribution in [3.05, 3.63) is 106 Å². The summed E-state index contributed by atoms with van der Waals surface area (Å²) < 4.78 is 5.70. The average Bonchev–Trinajstić information content (AvgIpc) is 2.87. The van der Waals surface area contributed by atoms with Crippen LogP contribution in [-0.2, 0) is 11.4 Å². The molecule has 3 aromatic carbocycles. The summed E-state index contributed by atoms with van der Waals surface area (Å²) in [5.74, 6) is -0.255. The third-order valence-corrected chi connectivity index (χ3v) is 5.09. The van der Waals surface area contributed by atoms with Gasteiger partial charge in [0, 0.05) is 17.7 Å². The van der Waals surface area contributed by atoms with E-state index in [1.54, 1.807) is 60.7 Å². The van der Waals surface area contributed by atoms with Crippen molar-refractivity contribution in [1.82, 2.24) is 10.7 Å². The summed E-state index contributed by atoms with van der Waals surface area (Å²) in [6, 6.07) is 21.2. The summed E-state index contributed by atoms with van der Waals surface area (Å²) in [5.41, 5.74) is 4.53. The Morgan fingerprint density at radius 1 is 1.00 bits per heavy atom. The lowest BCUT2D eigenvalue weighted by Gasteiger charge is -2.20. The van der Waals surface area contributed by atoms with Gasteiger partial charge in [-0.15, -0.1) is 0 Å². The monoisotopic (exact) mass is 474 g/mol. The van der Waals surface area contributed by atoms with Gasteiger partial charge in [-0.25, -0.2) is 5.43 Å². The third-order valence-electron chi connectivity index (χ3n) is 5.09. The molecule has 2 amide bonds. The number of carbonyl (C=O) groups is 2. The molecular weight excluding hydrogens is 448 g/mol. The lowest BCUT2D eigenvalue weighted by molar-refractivity contribution is -0.384. The second-order valence-corrected chi connectivity index (χ2v) is 8.08. The maximum absolute atomic E-state index is 12.6. The first-order valence-electron chi connectivity index (χ1n) is 11.0. The van der Waals surface area contributed by atoms with Gasteiger partial charge in [-0.1, -0.05) is 32.0 Å². The van der Waals surface area contributed by atoms with Crippen molar-refractivity contribution < 1.29 is 19.2 Å². The second kappa shape index (κ2) is 12.1. The van der Waals surface area contributed by atoms with Crippen LogP contribution in [0, 0.1) is 16.0 Å². The molecule has 1 atom stereocenters. The van der Waals surface area contributed by atoms with Crippen LogP contribution in [0.5, 0.6) is 5.75 Å². The Morgan fingerprint density at radius 2 is 1.66 bits per heavy atom. The van der Waals surface area contributed by atoms with Crippen molar-refractivity contribution in [3.8, 4) is 5.75 Å². The van der Waals surface area contributed by atoms with E-state index in [-0.39, 0.29) is 24.1 Å². The average molecular weight is 475 g/mol. The molecule has 0 aliphatic rings. The van der Waals surface area contributed by atoms with E-state index in [1.807, 2.05) is 19.9 Å². The topological polar surface area (TPSA) is 123 Å². The Balaban J connectivity index is 1.51. The molecule has 0 radical (unpaired) electrons. The molecule has 1 unspecified atom stereocenters. The number of nitro benzene ring substituents is 1. The van der Waals surface area contributed by atoms with Crippen LogP contribution in [0.2, 0.25) is 0 Å². The number of amides is 2. The maximum Gasteiger partial charge on any atom is 0.269 e. The standard InChI is InChI=1S/C26H26N4O5/c1-18(2)24(28-25(31)21-6-4-3-5-7-21)26(32)29-27-16-19-10-14-23(15-11-19)35-17-20-8-12-22(13-9-20)30(33)34/h3-16,18,24H,17H2,1-2H3,(H,28,31)(H,29,32)/b27-16+.